The largest absolute Gasteiger partial charge is 0.451 e. The summed E-state index contributed by atoms with van der Waals surface area (Å²) in [6.45, 7) is 4.13. The maximum absolute atomic E-state index is 12.6. The lowest BCUT2D eigenvalue weighted by Gasteiger charge is -2.02. The molecule has 0 aliphatic heterocycles. The lowest BCUT2D eigenvalue weighted by atomic mass is 10.2. The van der Waals surface area contributed by atoms with Gasteiger partial charge in [-0.3, -0.25) is 4.79 Å². The highest BCUT2D eigenvalue weighted by Gasteiger charge is 2.15. The van der Waals surface area contributed by atoms with Crippen molar-refractivity contribution in [1.29, 1.82) is 0 Å². The van der Waals surface area contributed by atoms with Gasteiger partial charge in [-0.2, -0.15) is 4.99 Å². The van der Waals surface area contributed by atoms with Crippen molar-refractivity contribution in [3.05, 3.63) is 71.7 Å². The van der Waals surface area contributed by atoms with Crippen LogP contribution in [0.4, 0.5) is 0 Å². The Morgan fingerprint density at radius 2 is 2.04 bits per heavy atom. The number of aromatic nitrogens is 1. The first-order valence-electron chi connectivity index (χ1n) is 8.21. The molecule has 4 rings (SSSR count). The second-order valence-electron chi connectivity index (χ2n) is 6.02. The van der Waals surface area contributed by atoms with Crippen LogP contribution in [0.3, 0.4) is 0 Å². The van der Waals surface area contributed by atoms with Gasteiger partial charge in [0.2, 0.25) is 10.0 Å². The number of furan rings is 1. The molecule has 4 aromatic rings. The normalized spacial score (nSPS) is 12.7. The summed E-state index contributed by atoms with van der Waals surface area (Å²) < 4.78 is 31.2. The summed E-state index contributed by atoms with van der Waals surface area (Å²) in [6.07, 6.45) is 1.67. The molecule has 9 heteroatoms. The molecule has 0 atom stereocenters. The van der Waals surface area contributed by atoms with Gasteiger partial charge in [0.1, 0.15) is 5.58 Å². The Bertz CT molecular complexity index is 1380. The van der Waals surface area contributed by atoms with Gasteiger partial charge in [-0.1, -0.05) is 35.6 Å². The van der Waals surface area contributed by atoms with E-state index in [1.807, 2.05) is 18.2 Å². The van der Waals surface area contributed by atoms with Gasteiger partial charge in [-0.25, -0.2) is 13.6 Å². The van der Waals surface area contributed by atoms with Crippen LogP contribution in [0.25, 0.3) is 21.2 Å². The van der Waals surface area contributed by atoms with E-state index in [4.69, 9.17) is 9.56 Å². The summed E-state index contributed by atoms with van der Waals surface area (Å²) in [5, 5.41) is 6.02. The number of fused-ring (bicyclic) bond motifs is 2. The molecule has 28 heavy (non-hydrogen) atoms. The standard InChI is InChI=1S/C19H15N3O4S2/c1-2-9-22-14-8-7-13(28(20,24)25)11-17(14)27-19(22)21-18(23)16-10-12-5-3-4-6-15(12)26-16/h2-8,10-11H,1,9H2,(H2,20,24,25). The fourth-order valence-corrected chi connectivity index (χ4v) is 4.54. The predicted octanol–water partition coefficient (Wildman–Crippen LogP) is 3.02. The van der Waals surface area contributed by atoms with Crippen LogP contribution in [0.15, 0.2) is 75.5 Å². The minimum absolute atomic E-state index is 0.00200. The molecule has 2 N–H and O–H groups in total. The number of benzene rings is 2. The Morgan fingerprint density at radius 1 is 1.25 bits per heavy atom. The summed E-state index contributed by atoms with van der Waals surface area (Å²) >= 11 is 1.19. The molecule has 0 unspecified atom stereocenters. The number of allylic oxidation sites excluding steroid dienone is 1. The fourth-order valence-electron chi connectivity index (χ4n) is 2.85. The molecule has 7 nitrogen and oxygen atoms in total. The summed E-state index contributed by atoms with van der Waals surface area (Å²) in [6, 6.07) is 13.5. The minimum atomic E-state index is -3.83. The fraction of sp³-hybridized carbons (Fsp3) is 0.0526. The number of nitrogens with zero attached hydrogens (tertiary/aromatic N) is 2. The van der Waals surface area contributed by atoms with Crippen LogP contribution < -0.4 is 9.94 Å². The van der Waals surface area contributed by atoms with E-state index in [0.717, 1.165) is 10.9 Å². The Hall–Kier alpha value is -3.01. The van der Waals surface area contributed by atoms with Crippen molar-refractivity contribution in [2.75, 3.05) is 0 Å². The Kier molecular flexibility index (Phi) is 4.50. The minimum Gasteiger partial charge on any atom is -0.451 e. The number of hydrogen-bond donors (Lipinski definition) is 1. The summed E-state index contributed by atoms with van der Waals surface area (Å²) in [5.74, 6) is -0.388. The zero-order chi connectivity index (χ0) is 19.9. The van der Waals surface area contributed by atoms with Gasteiger partial charge in [-0.15, -0.1) is 6.58 Å². The number of hydrogen-bond acceptors (Lipinski definition) is 5. The van der Waals surface area contributed by atoms with Gasteiger partial charge in [-0.05, 0) is 30.3 Å². The van der Waals surface area contributed by atoms with Crippen LogP contribution in [0.1, 0.15) is 10.6 Å². The maximum atomic E-state index is 12.6. The molecule has 0 saturated heterocycles. The van der Waals surface area contributed by atoms with E-state index in [-0.39, 0.29) is 10.7 Å². The molecule has 2 aromatic carbocycles. The van der Waals surface area contributed by atoms with Gasteiger partial charge < -0.3 is 8.98 Å². The van der Waals surface area contributed by atoms with Crippen LogP contribution >= 0.6 is 11.3 Å². The number of sulfonamides is 1. The average molecular weight is 413 g/mol. The van der Waals surface area contributed by atoms with Crippen molar-refractivity contribution in [1.82, 2.24) is 4.57 Å². The lowest BCUT2D eigenvalue weighted by Crippen LogP contribution is -2.16. The number of amides is 1. The van der Waals surface area contributed by atoms with E-state index in [2.05, 4.69) is 11.6 Å². The second kappa shape index (κ2) is 6.86. The van der Waals surface area contributed by atoms with E-state index in [0.29, 0.717) is 21.6 Å². The molecular formula is C19H15N3O4S2. The van der Waals surface area contributed by atoms with Gasteiger partial charge >= 0.3 is 5.91 Å². The van der Waals surface area contributed by atoms with Crippen molar-refractivity contribution in [2.24, 2.45) is 10.1 Å². The first-order chi connectivity index (χ1) is 13.4. The Labute approximate surface area is 164 Å². The third kappa shape index (κ3) is 3.31. The first-order valence-corrected chi connectivity index (χ1v) is 10.6. The number of para-hydroxylation sites is 1. The molecule has 142 valence electrons. The topological polar surface area (TPSA) is 108 Å². The lowest BCUT2D eigenvalue weighted by molar-refractivity contribution is 0.0973. The van der Waals surface area contributed by atoms with Crippen LogP contribution in [-0.4, -0.2) is 18.9 Å². The SMILES string of the molecule is C=CCn1c(=NC(=O)c2cc3ccccc3o2)sc2cc(S(N)(=O)=O)ccc21. The molecule has 0 fully saturated rings. The highest BCUT2D eigenvalue weighted by molar-refractivity contribution is 7.89. The quantitative estimate of drug-likeness (QED) is 0.519. The highest BCUT2D eigenvalue weighted by atomic mass is 32.2. The summed E-state index contributed by atoms with van der Waals surface area (Å²) in [5.41, 5.74) is 1.34. The van der Waals surface area contributed by atoms with E-state index >= 15 is 0 Å². The molecule has 0 spiro atoms. The van der Waals surface area contributed by atoms with E-state index < -0.39 is 15.9 Å². The smallest absolute Gasteiger partial charge is 0.315 e. The van der Waals surface area contributed by atoms with Crippen LogP contribution in [-0.2, 0) is 16.6 Å². The summed E-state index contributed by atoms with van der Waals surface area (Å²) in [4.78, 5) is 17.2. The van der Waals surface area contributed by atoms with E-state index in [1.165, 1.54) is 23.5 Å². The number of rotatable bonds is 4. The number of nitrogens with two attached hydrogens (primary N) is 1. The zero-order valence-corrected chi connectivity index (χ0v) is 16.2. The molecule has 0 aliphatic carbocycles. The Morgan fingerprint density at radius 3 is 2.75 bits per heavy atom. The predicted molar refractivity (Wildman–Crippen MR) is 107 cm³/mol. The van der Waals surface area contributed by atoms with Gasteiger partial charge in [0.05, 0.1) is 15.1 Å². The number of carbonyl (C=O) groups is 1. The van der Waals surface area contributed by atoms with E-state index in [9.17, 15) is 13.2 Å². The van der Waals surface area contributed by atoms with Gasteiger partial charge in [0.15, 0.2) is 10.6 Å². The molecule has 0 radical (unpaired) electrons. The third-order valence-electron chi connectivity index (χ3n) is 4.13. The zero-order valence-electron chi connectivity index (χ0n) is 14.5. The molecule has 0 saturated carbocycles. The van der Waals surface area contributed by atoms with Crippen LogP contribution in [0.2, 0.25) is 0 Å². The molecule has 2 heterocycles. The van der Waals surface area contributed by atoms with Crippen molar-refractivity contribution in [2.45, 2.75) is 11.4 Å². The van der Waals surface area contributed by atoms with Gasteiger partial charge in [0, 0.05) is 11.9 Å². The second-order valence-corrected chi connectivity index (χ2v) is 8.59. The van der Waals surface area contributed by atoms with Crippen molar-refractivity contribution in [3.63, 3.8) is 0 Å². The molecule has 0 aliphatic rings. The number of primary sulfonamides is 1. The molecule has 1 amide bonds. The van der Waals surface area contributed by atoms with Gasteiger partial charge in [0.25, 0.3) is 0 Å². The number of carbonyl (C=O) groups excluding carboxylic acids is 1. The van der Waals surface area contributed by atoms with Crippen LogP contribution in [0, 0.1) is 0 Å². The maximum Gasteiger partial charge on any atom is 0.315 e. The average Bonchev–Trinajstić information content (AvgIpc) is 3.23. The Balaban J connectivity index is 1.86. The number of thiazole rings is 1. The monoisotopic (exact) mass is 413 g/mol. The van der Waals surface area contributed by atoms with E-state index in [1.54, 1.807) is 28.8 Å². The van der Waals surface area contributed by atoms with Crippen molar-refractivity contribution < 1.29 is 17.6 Å². The van der Waals surface area contributed by atoms with Crippen molar-refractivity contribution >= 4 is 48.5 Å². The summed E-state index contributed by atoms with van der Waals surface area (Å²) in [7, 11) is -3.83. The van der Waals surface area contributed by atoms with Crippen LogP contribution in [0.5, 0.6) is 0 Å². The van der Waals surface area contributed by atoms with Crippen molar-refractivity contribution in [3.8, 4) is 0 Å². The molecule has 2 aromatic heterocycles. The third-order valence-corrected chi connectivity index (χ3v) is 6.08. The molecule has 0 bridgehead atoms. The first kappa shape index (κ1) is 18.4. The molecular weight excluding hydrogens is 398 g/mol. The highest BCUT2D eigenvalue weighted by Crippen LogP contribution is 2.22.